The third-order valence-corrected chi connectivity index (χ3v) is 8.10. The molecule has 4 aromatic carbocycles. The first-order chi connectivity index (χ1) is 19.9. The lowest BCUT2D eigenvalue weighted by atomic mass is 9.87. The molecular formula is C34H29FN2O4. The van der Waals surface area contributed by atoms with Gasteiger partial charge in [-0.05, 0) is 82.5 Å². The van der Waals surface area contributed by atoms with Gasteiger partial charge in [0, 0.05) is 31.1 Å². The van der Waals surface area contributed by atoms with Crippen molar-refractivity contribution in [1.29, 1.82) is 0 Å². The van der Waals surface area contributed by atoms with E-state index in [1.807, 2.05) is 36.4 Å². The topological polar surface area (TPSA) is 86.7 Å². The third kappa shape index (κ3) is 5.48. The van der Waals surface area contributed by atoms with Crippen LogP contribution in [-0.4, -0.2) is 34.3 Å². The zero-order valence-corrected chi connectivity index (χ0v) is 22.3. The number of nitrogens with one attached hydrogen (secondary N) is 1. The normalized spacial score (nSPS) is 17.4. The molecule has 0 radical (unpaired) electrons. The monoisotopic (exact) mass is 548 g/mol. The van der Waals surface area contributed by atoms with E-state index >= 15 is 0 Å². The van der Waals surface area contributed by atoms with Crippen molar-refractivity contribution in [2.24, 2.45) is 5.92 Å². The molecule has 1 saturated carbocycles. The lowest BCUT2D eigenvalue weighted by molar-refractivity contribution is -0.122. The number of benzene rings is 4. The molecule has 1 heterocycles. The van der Waals surface area contributed by atoms with Crippen LogP contribution in [0.3, 0.4) is 0 Å². The lowest BCUT2D eigenvalue weighted by Gasteiger charge is -2.32. The van der Waals surface area contributed by atoms with Gasteiger partial charge < -0.3 is 15.3 Å². The molecule has 2 amide bonds. The van der Waals surface area contributed by atoms with Gasteiger partial charge in [0.1, 0.15) is 5.82 Å². The maximum atomic E-state index is 13.9. The molecule has 4 aromatic rings. The Morgan fingerprint density at radius 2 is 1.66 bits per heavy atom. The van der Waals surface area contributed by atoms with Crippen molar-refractivity contribution in [3.05, 3.63) is 130 Å². The molecule has 206 valence electrons. The first-order valence-electron chi connectivity index (χ1n) is 13.7. The Hall–Kier alpha value is -4.78. The Morgan fingerprint density at radius 1 is 0.878 bits per heavy atom. The van der Waals surface area contributed by atoms with Gasteiger partial charge in [0.2, 0.25) is 5.91 Å². The number of aromatic carboxylic acids is 1. The van der Waals surface area contributed by atoms with E-state index in [0.29, 0.717) is 26.1 Å². The van der Waals surface area contributed by atoms with Crippen LogP contribution >= 0.6 is 0 Å². The molecule has 0 spiro atoms. The molecule has 0 unspecified atom stereocenters. The van der Waals surface area contributed by atoms with Gasteiger partial charge in [0.05, 0.1) is 5.56 Å². The molecule has 7 heteroatoms. The number of carboxylic acids is 1. The Balaban J connectivity index is 1.28. The molecule has 41 heavy (non-hydrogen) atoms. The Labute approximate surface area is 237 Å². The van der Waals surface area contributed by atoms with Gasteiger partial charge in [-0.15, -0.1) is 0 Å². The average Bonchev–Trinajstić information content (AvgIpc) is 3.81. The van der Waals surface area contributed by atoms with Gasteiger partial charge in [0.25, 0.3) is 5.91 Å². The molecule has 6 rings (SSSR count). The van der Waals surface area contributed by atoms with E-state index < -0.39 is 11.8 Å². The van der Waals surface area contributed by atoms with E-state index in [-0.39, 0.29) is 34.8 Å². The SMILES string of the molecule is O=C(O)c1cccc(-c2ccc(CNC(=O)[C@H]3C[C@H]3c3ccccc3)c3c2CCN(C(=O)c2cccc(F)c2)C3)c1. The van der Waals surface area contributed by atoms with Crippen molar-refractivity contribution in [3.8, 4) is 11.1 Å². The van der Waals surface area contributed by atoms with E-state index in [1.165, 1.54) is 23.8 Å². The van der Waals surface area contributed by atoms with Gasteiger partial charge in [0.15, 0.2) is 0 Å². The van der Waals surface area contributed by atoms with Crippen LogP contribution in [0.4, 0.5) is 4.39 Å². The second kappa shape index (κ2) is 11.0. The number of fused-ring (bicyclic) bond motifs is 1. The minimum absolute atomic E-state index is 0.00865. The van der Waals surface area contributed by atoms with Crippen molar-refractivity contribution in [1.82, 2.24) is 10.2 Å². The Kier molecular flexibility index (Phi) is 7.10. The third-order valence-electron chi connectivity index (χ3n) is 8.10. The summed E-state index contributed by atoms with van der Waals surface area (Å²) in [6, 6.07) is 26.4. The Bertz CT molecular complexity index is 1650. The van der Waals surface area contributed by atoms with Crippen LogP contribution in [-0.2, 0) is 24.3 Å². The maximum Gasteiger partial charge on any atom is 0.335 e. The fourth-order valence-electron chi connectivity index (χ4n) is 5.84. The highest BCUT2D eigenvalue weighted by Gasteiger charge is 2.43. The van der Waals surface area contributed by atoms with Gasteiger partial charge >= 0.3 is 5.97 Å². The number of nitrogens with zero attached hydrogens (tertiary/aromatic N) is 1. The fourth-order valence-corrected chi connectivity index (χ4v) is 5.84. The summed E-state index contributed by atoms with van der Waals surface area (Å²) in [6.07, 6.45) is 1.37. The highest BCUT2D eigenvalue weighted by molar-refractivity contribution is 5.94. The van der Waals surface area contributed by atoms with Crippen molar-refractivity contribution >= 4 is 17.8 Å². The zero-order chi connectivity index (χ0) is 28.5. The predicted molar refractivity (Wildman–Crippen MR) is 153 cm³/mol. The number of carboxylic acid groups (broad SMARTS) is 1. The van der Waals surface area contributed by atoms with Crippen LogP contribution < -0.4 is 5.32 Å². The largest absolute Gasteiger partial charge is 0.478 e. The molecule has 0 saturated heterocycles. The van der Waals surface area contributed by atoms with E-state index in [0.717, 1.165) is 34.2 Å². The quantitative estimate of drug-likeness (QED) is 0.305. The van der Waals surface area contributed by atoms with Crippen molar-refractivity contribution in [2.45, 2.75) is 31.8 Å². The fraction of sp³-hybridized carbons (Fsp3) is 0.206. The van der Waals surface area contributed by atoms with Crippen LogP contribution in [0.1, 0.15) is 55.3 Å². The average molecular weight is 549 g/mol. The summed E-state index contributed by atoms with van der Waals surface area (Å²) in [5, 5.41) is 12.6. The summed E-state index contributed by atoms with van der Waals surface area (Å²) in [7, 11) is 0. The number of carbonyl (C=O) groups is 3. The Morgan fingerprint density at radius 3 is 2.44 bits per heavy atom. The van der Waals surface area contributed by atoms with Crippen molar-refractivity contribution < 1.29 is 23.9 Å². The van der Waals surface area contributed by atoms with Crippen LogP contribution in [0, 0.1) is 11.7 Å². The van der Waals surface area contributed by atoms with Crippen LogP contribution in [0.25, 0.3) is 11.1 Å². The smallest absolute Gasteiger partial charge is 0.335 e. The van der Waals surface area contributed by atoms with Gasteiger partial charge in [-0.3, -0.25) is 9.59 Å². The molecule has 2 aliphatic rings. The number of amides is 2. The van der Waals surface area contributed by atoms with E-state index in [1.54, 1.807) is 29.2 Å². The highest BCUT2D eigenvalue weighted by atomic mass is 19.1. The molecule has 1 aliphatic carbocycles. The minimum atomic E-state index is -0.999. The highest BCUT2D eigenvalue weighted by Crippen LogP contribution is 2.47. The first kappa shape index (κ1) is 26.4. The second-order valence-corrected chi connectivity index (χ2v) is 10.7. The second-order valence-electron chi connectivity index (χ2n) is 10.7. The lowest BCUT2D eigenvalue weighted by Crippen LogP contribution is -2.37. The molecule has 1 fully saturated rings. The molecule has 1 aliphatic heterocycles. The van der Waals surface area contributed by atoms with Crippen LogP contribution in [0.2, 0.25) is 0 Å². The number of halogens is 1. The molecule has 2 atom stereocenters. The number of hydrogen-bond acceptors (Lipinski definition) is 3. The summed E-state index contributed by atoms with van der Waals surface area (Å²) in [6.45, 7) is 1.06. The number of rotatable bonds is 7. The molecule has 2 N–H and O–H groups in total. The van der Waals surface area contributed by atoms with E-state index in [2.05, 4.69) is 17.4 Å². The molecular weight excluding hydrogens is 519 g/mol. The summed E-state index contributed by atoms with van der Waals surface area (Å²) in [4.78, 5) is 39.7. The van der Waals surface area contributed by atoms with Gasteiger partial charge in [-0.25, -0.2) is 9.18 Å². The van der Waals surface area contributed by atoms with Gasteiger partial charge in [-0.1, -0.05) is 60.7 Å². The summed E-state index contributed by atoms with van der Waals surface area (Å²) in [5.41, 5.74) is 6.20. The predicted octanol–water partition coefficient (Wildman–Crippen LogP) is 5.81. The maximum absolute atomic E-state index is 13.9. The molecule has 0 bridgehead atoms. The van der Waals surface area contributed by atoms with Crippen LogP contribution in [0.15, 0.2) is 91.0 Å². The minimum Gasteiger partial charge on any atom is -0.478 e. The number of carbonyl (C=O) groups excluding carboxylic acids is 2. The van der Waals surface area contributed by atoms with Gasteiger partial charge in [-0.2, -0.15) is 0 Å². The summed E-state index contributed by atoms with van der Waals surface area (Å²) >= 11 is 0. The first-order valence-corrected chi connectivity index (χ1v) is 13.7. The standard InChI is InChI=1S/C34H29FN2O4/c35-26-11-5-9-23(17-26)33(39)37-15-14-28-27(22-8-4-10-24(16-22)34(40)41)13-12-25(31(28)20-37)19-36-32(38)30-18-29(30)21-6-2-1-3-7-21/h1-13,16-17,29-30H,14-15,18-20H2,(H,36,38)(H,40,41)/t29-,30-/m0/s1. The van der Waals surface area contributed by atoms with Crippen molar-refractivity contribution in [2.75, 3.05) is 6.54 Å². The zero-order valence-electron chi connectivity index (χ0n) is 22.3. The van der Waals surface area contributed by atoms with E-state index in [9.17, 15) is 23.9 Å². The molecule has 0 aromatic heterocycles. The van der Waals surface area contributed by atoms with E-state index in [4.69, 9.17) is 0 Å². The number of hydrogen-bond donors (Lipinski definition) is 2. The van der Waals surface area contributed by atoms with Crippen molar-refractivity contribution in [3.63, 3.8) is 0 Å². The summed E-state index contributed by atoms with van der Waals surface area (Å²) < 4.78 is 13.9. The molecule has 6 nitrogen and oxygen atoms in total. The van der Waals surface area contributed by atoms with Crippen LogP contribution in [0.5, 0.6) is 0 Å². The summed E-state index contributed by atoms with van der Waals surface area (Å²) in [5.74, 6) is -1.54.